The summed E-state index contributed by atoms with van der Waals surface area (Å²) in [5, 5.41) is 4.20. The smallest absolute Gasteiger partial charge is 0.332 e. The van der Waals surface area contributed by atoms with Crippen LogP contribution in [0.4, 0.5) is 4.79 Å². The van der Waals surface area contributed by atoms with Crippen molar-refractivity contribution in [2.45, 2.75) is 46.6 Å². The highest BCUT2D eigenvalue weighted by Gasteiger charge is 2.37. The van der Waals surface area contributed by atoms with E-state index >= 15 is 0 Å². The van der Waals surface area contributed by atoms with E-state index in [-0.39, 0.29) is 11.3 Å². The van der Waals surface area contributed by atoms with Gasteiger partial charge in [-0.1, -0.05) is 38.1 Å². The number of hydrazone groups is 1. The fourth-order valence-corrected chi connectivity index (χ4v) is 4.35. The van der Waals surface area contributed by atoms with Gasteiger partial charge < -0.3 is 15.1 Å². The molecule has 3 N–H and O–H groups in total. The number of primary amides is 1. The molecule has 1 aromatic carbocycles. The Balaban J connectivity index is 1.67. The number of hydrogen-bond acceptors (Lipinski definition) is 4. The van der Waals surface area contributed by atoms with E-state index in [0.29, 0.717) is 37.4 Å². The summed E-state index contributed by atoms with van der Waals surface area (Å²) in [6.07, 6.45) is 2.20. The number of nitrogens with two attached hydrogens (primary N) is 1. The predicted molar refractivity (Wildman–Crippen MR) is 110 cm³/mol. The summed E-state index contributed by atoms with van der Waals surface area (Å²) >= 11 is 0. The minimum Gasteiger partial charge on any atom is -0.455 e. The SMILES string of the molecule is Cc1c(C(=O)N2CCc3ccccc3C2)oc2c1/C(=N\NC(N)=O)CC(C)(C)C2. The number of amides is 3. The van der Waals surface area contributed by atoms with Crippen molar-refractivity contribution in [2.24, 2.45) is 16.3 Å². The molecule has 152 valence electrons. The van der Waals surface area contributed by atoms with Crippen LogP contribution in [0.15, 0.2) is 33.8 Å². The highest BCUT2D eigenvalue weighted by molar-refractivity contribution is 6.07. The van der Waals surface area contributed by atoms with Crippen LogP contribution in [0.1, 0.15) is 58.8 Å². The number of hydrogen-bond donors (Lipinski definition) is 2. The van der Waals surface area contributed by atoms with Crippen molar-refractivity contribution in [3.63, 3.8) is 0 Å². The fraction of sp³-hybridized carbons (Fsp3) is 0.409. The van der Waals surface area contributed by atoms with Gasteiger partial charge in [0.05, 0.1) is 5.71 Å². The molecule has 0 saturated heterocycles. The number of carbonyl (C=O) groups excluding carboxylic acids is 2. The van der Waals surface area contributed by atoms with Crippen molar-refractivity contribution in [3.05, 3.63) is 58.0 Å². The first-order chi connectivity index (χ1) is 13.7. The number of fused-ring (bicyclic) bond motifs is 2. The summed E-state index contributed by atoms with van der Waals surface area (Å²) in [6, 6.07) is 7.50. The van der Waals surface area contributed by atoms with Gasteiger partial charge in [-0.15, -0.1) is 0 Å². The van der Waals surface area contributed by atoms with Crippen molar-refractivity contribution in [1.29, 1.82) is 0 Å². The molecule has 4 rings (SSSR count). The molecule has 0 unspecified atom stereocenters. The first kappa shape index (κ1) is 19.2. The van der Waals surface area contributed by atoms with Crippen molar-refractivity contribution < 1.29 is 14.0 Å². The van der Waals surface area contributed by atoms with Gasteiger partial charge in [0, 0.05) is 30.6 Å². The van der Waals surface area contributed by atoms with Gasteiger partial charge in [0.25, 0.3) is 5.91 Å². The average molecular weight is 394 g/mol. The molecule has 0 spiro atoms. The van der Waals surface area contributed by atoms with Gasteiger partial charge in [-0.3, -0.25) is 4.79 Å². The van der Waals surface area contributed by atoms with Gasteiger partial charge in [0.2, 0.25) is 0 Å². The van der Waals surface area contributed by atoms with Gasteiger partial charge in [0.15, 0.2) is 5.76 Å². The van der Waals surface area contributed by atoms with Crippen LogP contribution < -0.4 is 11.2 Å². The Morgan fingerprint density at radius 2 is 1.93 bits per heavy atom. The molecule has 2 aliphatic rings. The molecular formula is C22H26N4O3. The minimum absolute atomic E-state index is 0.0974. The van der Waals surface area contributed by atoms with Crippen molar-refractivity contribution in [2.75, 3.05) is 6.54 Å². The molecule has 29 heavy (non-hydrogen) atoms. The van der Waals surface area contributed by atoms with Crippen LogP contribution in [0.2, 0.25) is 0 Å². The number of nitrogens with zero attached hydrogens (tertiary/aromatic N) is 2. The van der Waals surface area contributed by atoms with Gasteiger partial charge in [-0.2, -0.15) is 5.10 Å². The Labute approximate surface area is 169 Å². The van der Waals surface area contributed by atoms with Crippen molar-refractivity contribution in [3.8, 4) is 0 Å². The van der Waals surface area contributed by atoms with E-state index < -0.39 is 6.03 Å². The lowest BCUT2D eigenvalue weighted by molar-refractivity contribution is 0.0698. The van der Waals surface area contributed by atoms with E-state index in [1.54, 1.807) is 0 Å². The van der Waals surface area contributed by atoms with Crippen LogP contribution >= 0.6 is 0 Å². The Bertz CT molecular complexity index is 1020. The van der Waals surface area contributed by atoms with Crippen LogP contribution in [0.5, 0.6) is 0 Å². The third-order valence-corrected chi connectivity index (χ3v) is 5.71. The summed E-state index contributed by atoms with van der Waals surface area (Å²) < 4.78 is 6.10. The third-order valence-electron chi connectivity index (χ3n) is 5.71. The molecular weight excluding hydrogens is 368 g/mol. The largest absolute Gasteiger partial charge is 0.455 e. The second-order valence-electron chi connectivity index (χ2n) is 8.65. The summed E-state index contributed by atoms with van der Waals surface area (Å²) in [4.78, 5) is 26.3. The normalized spacial score (nSPS) is 18.9. The summed E-state index contributed by atoms with van der Waals surface area (Å²) in [7, 11) is 0. The fourth-order valence-electron chi connectivity index (χ4n) is 4.35. The zero-order valence-electron chi connectivity index (χ0n) is 17.0. The molecule has 0 radical (unpaired) electrons. The Morgan fingerprint density at radius 3 is 2.66 bits per heavy atom. The number of carbonyl (C=O) groups is 2. The standard InChI is InChI=1S/C22H26N4O3/c1-13-18-16(24-25-21(23)28)10-22(2,3)11-17(18)29-19(13)20(27)26-9-8-14-6-4-5-7-15(14)12-26/h4-7H,8-12H2,1-3H3,(H3,23,25,28)/b24-16-. The Morgan fingerprint density at radius 1 is 1.21 bits per heavy atom. The zero-order chi connectivity index (χ0) is 20.8. The van der Waals surface area contributed by atoms with Crippen LogP contribution in [0.3, 0.4) is 0 Å². The molecule has 0 bridgehead atoms. The Kier molecular flexibility index (Phi) is 4.68. The molecule has 1 aromatic heterocycles. The van der Waals surface area contributed by atoms with Gasteiger partial charge in [0.1, 0.15) is 5.76 Å². The molecule has 2 aromatic rings. The van der Waals surface area contributed by atoms with Crippen LogP contribution in [0, 0.1) is 12.3 Å². The molecule has 0 fully saturated rings. The molecule has 1 aliphatic heterocycles. The van der Waals surface area contributed by atoms with E-state index in [2.05, 4.69) is 36.5 Å². The maximum absolute atomic E-state index is 13.3. The first-order valence-electron chi connectivity index (χ1n) is 9.86. The maximum atomic E-state index is 13.3. The van der Waals surface area contributed by atoms with Gasteiger partial charge in [-0.25, -0.2) is 10.2 Å². The number of urea groups is 1. The topological polar surface area (TPSA) is 101 Å². The third kappa shape index (κ3) is 3.64. The van der Waals surface area contributed by atoms with E-state index in [0.717, 1.165) is 23.3 Å². The summed E-state index contributed by atoms with van der Waals surface area (Å²) in [5.41, 5.74) is 12.2. The highest BCUT2D eigenvalue weighted by Crippen LogP contribution is 2.39. The maximum Gasteiger partial charge on any atom is 0.332 e. The second-order valence-corrected chi connectivity index (χ2v) is 8.65. The summed E-state index contributed by atoms with van der Waals surface area (Å²) in [5.74, 6) is 0.995. The van der Waals surface area contributed by atoms with E-state index in [9.17, 15) is 9.59 Å². The average Bonchev–Trinajstić information content (AvgIpc) is 3.00. The van der Waals surface area contributed by atoms with Crippen molar-refractivity contribution in [1.82, 2.24) is 10.3 Å². The van der Waals surface area contributed by atoms with Gasteiger partial charge in [-0.05, 0) is 36.3 Å². The van der Waals surface area contributed by atoms with Crippen LogP contribution in [0.25, 0.3) is 0 Å². The number of benzene rings is 1. The lowest BCUT2D eigenvalue weighted by atomic mass is 9.75. The molecule has 2 heterocycles. The van der Waals surface area contributed by atoms with Crippen LogP contribution in [-0.2, 0) is 19.4 Å². The number of furan rings is 1. The first-order valence-corrected chi connectivity index (χ1v) is 9.86. The van der Waals surface area contributed by atoms with E-state index in [1.807, 2.05) is 24.0 Å². The van der Waals surface area contributed by atoms with Crippen LogP contribution in [-0.4, -0.2) is 29.1 Å². The summed E-state index contributed by atoms with van der Waals surface area (Å²) in [6.45, 7) is 7.34. The van der Waals surface area contributed by atoms with Crippen molar-refractivity contribution >= 4 is 17.6 Å². The monoisotopic (exact) mass is 394 g/mol. The minimum atomic E-state index is -0.716. The second kappa shape index (κ2) is 7.06. The highest BCUT2D eigenvalue weighted by atomic mass is 16.4. The molecule has 0 atom stereocenters. The molecule has 1 aliphatic carbocycles. The molecule has 7 nitrogen and oxygen atoms in total. The molecule has 3 amide bonds. The number of nitrogens with one attached hydrogen (secondary N) is 1. The Hall–Kier alpha value is -3.09. The van der Waals surface area contributed by atoms with Gasteiger partial charge >= 0.3 is 6.03 Å². The lowest BCUT2D eigenvalue weighted by Crippen LogP contribution is -2.36. The molecule has 0 saturated carbocycles. The number of rotatable bonds is 2. The predicted octanol–water partition coefficient (Wildman–Crippen LogP) is 3.13. The zero-order valence-corrected chi connectivity index (χ0v) is 17.0. The lowest BCUT2D eigenvalue weighted by Gasteiger charge is -2.29. The molecule has 7 heteroatoms. The van der Waals surface area contributed by atoms with E-state index in [4.69, 9.17) is 10.2 Å². The van der Waals surface area contributed by atoms with E-state index in [1.165, 1.54) is 11.1 Å². The quantitative estimate of drug-likeness (QED) is 0.765.